The summed E-state index contributed by atoms with van der Waals surface area (Å²) in [5.41, 5.74) is 7.56. The van der Waals surface area contributed by atoms with E-state index in [4.69, 9.17) is 5.73 Å². The number of para-hydroxylation sites is 1. The molecule has 2 N–H and O–H groups in total. The molecule has 0 aliphatic carbocycles. The maximum Gasteiger partial charge on any atom is 0.265 e. The van der Waals surface area contributed by atoms with Crippen molar-refractivity contribution in [1.82, 2.24) is 0 Å². The number of rotatable bonds is 3. The standard InChI is InChI=1S/C15H18N2O2S2/c1-11-6-7-12-4-2-3-5-13(12)17(11)21(18,19)15-8-9-20-14(15)10-16/h2-5,8-9,11H,6-7,10,16H2,1H3. The number of hydrogen-bond acceptors (Lipinski definition) is 4. The highest BCUT2D eigenvalue weighted by Gasteiger charge is 2.35. The molecule has 1 unspecified atom stereocenters. The predicted molar refractivity (Wildman–Crippen MR) is 86.1 cm³/mol. The first-order valence-electron chi connectivity index (χ1n) is 6.94. The molecular formula is C15H18N2O2S2. The van der Waals surface area contributed by atoms with Crippen LogP contribution in [0.1, 0.15) is 23.8 Å². The molecule has 0 bridgehead atoms. The van der Waals surface area contributed by atoms with Gasteiger partial charge in [0.25, 0.3) is 10.0 Å². The average molecular weight is 322 g/mol. The SMILES string of the molecule is CC1CCc2ccccc2N1S(=O)(=O)c1ccsc1CN. The predicted octanol–water partition coefficient (Wildman–Crippen LogP) is 2.74. The zero-order valence-electron chi connectivity index (χ0n) is 11.8. The molecule has 1 atom stereocenters. The first-order chi connectivity index (χ1) is 10.1. The summed E-state index contributed by atoms with van der Waals surface area (Å²) in [6.07, 6.45) is 1.75. The van der Waals surface area contributed by atoms with Gasteiger partial charge in [-0.3, -0.25) is 4.31 Å². The van der Waals surface area contributed by atoms with Crippen LogP contribution in [0.4, 0.5) is 5.69 Å². The van der Waals surface area contributed by atoms with Gasteiger partial charge in [-0.2, -0.15) is 0 Å². The molecule has 2 heterocycles. The zero-order valence-corrected chi connectivity index (χ0v) is 13.5. The van der Waals surface area contributed by atoms with Gasteiger partial charge in [-0.25, -0.2) is 8.42 Å². The third kappa shape index (κ3) is 2.37. The molecule has 0 saturated heterocycles. The number of nitrogens with two attached hydrogens (primary N) is 1. The van der Waals surface area contributed by atoms with Gasteiger partial charge in [-0.1, -0.05) is 18.2 Å². The van der Waals surface area contributed by atoms with Crippen LogP contribution in [0.3, 0.4) is 0 Å². The van der Waals surface area contributed by atoms with Crippen LogP contribution in [-0.4, -0.2) is 14.5 Å². The first-order valence-corrected chi connectivity index (χ1v) is 9.26. The lowest BCUT2D eigenvalue weighted by Gasteiger charge is -2.36. The van der Waals surface area contributed by atoms with E-state index in [1.165, 1.54) is 11.3 Å². The molecule has 2 aromatic rings. The van der Waals surface area contributed by atoms with Gasteiger partial charge >= 0.3 is 0 Å². The van der Waals surface area contributed by atoms with Gasteiger partial charge in [-0.05, 0) is 42.8 Å². The van der Waals surface area contributed by atoms with Crippen LogP contribution >= 0.6 is 11.3 Å². The number of hydrogen-bond donors (Lipinski definition) is 1. The lowest BCUT2D eigenvalue weighted by atomic mass is 9.99. The summed E-state index contributed by atoms with van der Waals surface area (Å²) in [4.78, 5) is 1.06. The molecule has 1 aromatic carbocycles. The van der Waals surface area contributed by atoms with Crippen LogP contribution < -0.4 is 10.0 Å². The molecular weight excluding hydrogens is 304 g/mol. The summed E-state index contributed by atoms with van der Waals surface area (Å²) in [5, 5.41) is 1.79. The summed E-state index contributed by atoms with van der Waals surface area (Å²) in [5.74, 6) is 0. The largest absolute Gasteiger partial charge is 0.326 e. The number of benzene rings is 1. The first kappa shape index (κ1) is 14.6. The van der Waals surface area contributed by atoms with Crippen LogP contribution in [-0.2, 0) is 23.0 Å². The van der Waals surface area contributed by atoms with E-state index in [0.29, 0.717) is 9.77 Å². The number of nitrogens with zero attached hydrogens (tertiary/aromatic N) is 1. The Bertz CT molecular complexity index is 753. The Morgan fingerprint density at radius 2 is 2.10 bits per heavy atom. The maximum atomic E-state index is 13.1. The van der Waals surface area contributed by atoms with Crippen LogP contribution in [0.5, 0.6) is 0 Å². The lowest BCUT2D eigenvalue weighted by Crippen LogP contribution is -2.42. The van der Waals surface area contributed by atoms with Crippen molar-refractivity contribution in [2.45, 2.75) is 37.2 Å². The molecule has 0 fully saturated rings. The van der Waals surface area contributed by atoms with E-state index in [0.717, 1.165) is 24.1 Å². The van der Waals surface area contributed by atoms with Crippen molar-refractivity contribution in [3.8, 4) is 0 Å². The number of thiophene rings is 1. The summed E-state index contributed by atoms with van der Waals surface area (Å²) in [7, 11) is -3.56. The Morgan fingerprint density at radius 1 is 1.33 bits per heavy atom. The molecule has 4 nitrogen and oxygen atoms in total. The highest BCUT2D eigenvalue weighted by molar-refractivity contribution is 7.93. The van der Waals surface area contributed by atoms with Gasteiger partial charge < -0.3 is 5.73 Å². The van der Waals surface area contributed by atoms with Gasteiger partial charge in [-0.15, -0.1) is 11.3 Å². The second-order valence-electron chi connectivity index (χ2n) is 5.23. The van der Waals surface area contributed by atoms with Crippen LogP contribution in [0, 0.1) is 0 Å². The van der Waals surface area contributed by atoms with Crippen molar-refractivity contribution in [1.29, 1.82) is 0 Å². The molecule has 3 rings (SSSR count). The molecule has 1 aliphatic rings. The summed E-state index contributed by atoms with van der Waals surface area (Å²) >= 11 is 1.39. The molecule has 0 amide bonds. The fourth-order valence-electron chi connectivity index (χ4n) is 2.84. The van der Waals surface area contributed by atoms with Crippen molar-refractivity contribution >= 4 is 27.0 Å². The Balaban J connectivity index is 2.15. The molecule has 1 aromatic heterocycles. The molecule has 0 saturated carbocycles. The third-order valence-electron chi connectivity index (χ3n) is 3.89. The van der Waals surface area contributed by atoms with E-state index >= 15 is 0 Å². The topological polar surface area (TPSA) is 63.4 Å². The quantitative estimate of drug-likeness (QED) is 0.945. The van der Waals surface area contributed by atoms with Gasteiger partial charge in [0.2, 0.25) is 0 Å². The molecule has 1 aliphatic heterocycles. The van der Waals surface area contributed by atoms with Crippen LogP contribution in [0.25, 0.3) is 0 Å². The van der Waals surface area contributed by atoms with Crippen molar-refractivity contribution in [2.75, 3.05) is 4.31 Å². The minimum absolute atomic E-state index is 0.0459. The Morgan fingerprint density at radius 3 is 2.86 bits per heavy atom. The second kappa shape index (κ2) is 5.44. The van der Waals surface area contributed by atoms with Crippen molar-refractivity contribution in [3.05, 3.63) is 46.2 Å². The van der Waals surface area contributed by atoms with Gasteiger partial charge in [0, 0.05) is 17.5 Å². The highest BCUT2D eigenvalue weighted by atomic mass is 32.2. The Kier molecular flexibility index (Phi) is 3.77. The molecule has 112 valence electrons. The van der Waals surface area contributed by atoms with Crippen LogP contribution in [0.15, 0.2) is 40.6 Å². The normalized spacial score (nSPS) is 18.6. The minimum atomic E-state index is -3.56. The van der Waals surface area contributed by atoms with E-state index in [1.54, 1.807) is 15.8 Å². The average Bonchev–Trinajstić information content (AvgIpc) is 2.96. The van der Waals surface area contributed by atoms with Crippen LogP contribution in [0.2, 0.25) is 0 Å². The number of aryl methyl sites for hydroxylation is 1. The van der Waals surface area contributed by atoms with Gasteiger partial charge in [0.1, 0.15) is 4.90 Å². The highest BCUT2D eigenvalue weighted by Crippen LogP contribution is 2.36. The lowest BCUT2D eigenvalue weighted by molar-refractivity contribution is 0.562. The minimum Gasteiger partial charge on any atom is -0.326 e. The maximum absolute atomic E-state index is 13.1. The molecule has 0 spiro atoms. The van der Waals surface area contributed by atoms with E-state index < -0.39 is 10.0 Å². The smallest absolute Gasteiger partial charge is 0.265 e. The molecule has 21 heavy (non-hydrogen) atoms. The number of anilines is 1. The third-order valence-corrected chi connectivity index (χ3v) is 6.97. The fraction of sp³-hybridized carbons (Fsp3) is 0.333. The molecule has 6 heteroatoms. The molecule has 0 radical (unpaired) electrons. The van der Waals surface area contributed by atoms with Gasteiger partial charge in [0.05, 0.1) is 5.69 Å². The Labute approximate surface area is 129 Å². The monoisotopic (exact) mass is 322 g/mol. The summed E-state index contributed by atoms with van der Waals surface area (Å²) < 4.78 is 27.7. The number of sulfonamides is 1. The van der Waals surface area contributed by atoms with E-state index in [-0.39, 0.29) is 12.6 Å². The van der Waals surface area contributed by atoms with E-state index in [1.807, 2.05) is 31.2 Å². The van der Waals surface area contributed by atoms with E-state index in [9.17, 15) is 8.42 Å². The summed E-state index contributed by atoms with van der Waals surface area (Å²) in [6, 6.07) is 9.34. The van der Waals surface area contributed by atoms with Crippen molar-refractivity contribution in [3.63, 3.8) is 0 Å². The zero-order chi connectivity index (χ0) is 15.0. The number of fused-ring (bicyclic) bond motifs is 1. The van der Waals surface area contributed by atoms with Gasteiger partial charge in [0.15, 0.2) is 0 Å². The van der Waals surface area contributed by atoms with E-state index in [2.05, 4.69) is 0 Å². The van der Waals surface area contributed by atoms with Crippen molar-refractivity contribution < 1.29 is 8.42 Å². The Hall–Kier alpha value is -1.37. The fourth-order valence-corrected chi connectivity index (χ4v) is 5.87. The second-order valence-corrected chi connectivity index (χ2v) is 8.01. The van der Waals surface area contributed by atoms with Crippen molar-refractivity contribution in [2.24, 2.45) is 5.73 Å². The summed E-state index contributed by atoms with van der Waals surface area (Å²) in [6.45, 7) is 2.21.